The van der Waals surface area contributed by atoms with Gasteiger partial charge in [0.1, 0.15) is 4.83 Å². The molecule has 0 fully saturated rings. The summed E-state index contributed by atoms with van der Waals surface area (Å²) in [5.41, 5.74) is 0.583. The first kappa shape index (κ1) is 15.5. The fourth-order valence-electron chi connectivity index (χ4n) is 2.48. The molecule has 3 heterocycles. The Morgan fingerprint density at radius 3 is 3.05 bits per heavy atom. The number of thiophene rings is 1. The minimum absolute atomic E-state index is 0.128. The van der Waals surface area contributed by atoms with Crippen LogP contribution in [0, 0.1) is 0 Å². The summed E-state index contributed by atoms with van der Waals surface area (Å²) in [4.78, 5) is 31.8. The molecule has 0 unspecified atom stereocenters. The van der Waals surface area contributed by atoms with Crippen LogP contribution in [0.3, 0.4) is 0 Å². The Morgan fingerprint density at radius 1 is 1.59 bits per heavy atom. The van der Waals surface area contributed by atoms with Gasteiger partial charge in [0.15, 0.2) is 5.16 Å². The van der Waals surface area contributed by atoms with E-state index in [4.69, 9.17) is 9.84 Å². The third kappa shape index (κ3) is 2.78. The number of aromatic nitrogens is 2. The van der Waals surface area contributed by atoms with Crippen LogP contribution in [-0.4, -0.2) is 32.4 Å². The van der Waals surface area contributed by atoms with E-state index < -0.39 is 5.97 Å². The van der Waals surface area contributed by atoms with Gasteiger partial charge in [-0.2, -0.15) is 0 Å². The van der Waals surface area contributed by atoms with E-state index in [-0.39, 0.29) is 16.9 Å². The SMILES string of the molecule is CC[C@]1(C)Cc2c(sc3nc(SCC(=O)O)[nH]c(=O)c23)CO1. The standard InChI is InChI=1S/C14H16N2O4S2/c1-3-14(2)4-7-8(5-20-14)22-12-10(7)11(19)15-13(16-12)21-6-9(17)18/h3-6H2,1-2H3,(H,17,18)(H,15,16,19)/t14-/m1/s1. The van der Waals surface area contributed by atoms with Crippen LogP contribution in [0.1, 0.15) is 30.7 Å². The topological polar surface area (TPSA) is 92.3 Å². The van der Waals surface area contributed by atoms with E-state index in [2.05, 4.69) is 23.8 Å². The van der Waals surface area contributed by atoms with E-state index >= 15 is 0 Å². The van der Waals surface area contributed by atoms with Gasteiger partial charge in [-0.15, -0.1) is 11.3 Å². The van der Waals surface area contributed by atoms with Gasteiger partial charge in [-0.1, -0.05) is 18.7 Å². The van der Waals surface area contributed by atoms with E-state index in [1.807, 2.05) is 0 Å². The van der Waals surface area contributed by atoms with Crippen LogP contribution in [0.5, 0.6) is 0 Å². The zero-order valence-corrected chi connectivity index (χ0v) is 13.9. The van der Waals surface area contributed by atoms with Crippen molar-refractivity contribution in [3.8, 4) is 0 Å². The Labute approximate surface area is 134 Å². The molecule has 0 aromatic carbocycles. The van der Waals surface area contributed by atoms with Gasteiger partial charge < -0.3 is 14.8 Å². The second-order valence-electron chi connectivity index (χ2n) is 5.51. The molecule has 0 aliphatic carbocycles. The number of aliphatic carboxylic acids is 1. The Kier molecular flexibility index (Phi) is 4.00. The summed E-state index contributed by atoms with van der Waals surface area (Å²) in [7, 11) is 0. The summed E-state index contributed by atoms with van der Waals surface area (Å²) in [6.45, 7) is 4.62. The number of nitrogens with zero attached hydrogens (tertiary/aromatic N) is 1. The van der Waals surface area contributed by atoms with Gasteiger partial charge in [-0.05, 0) is 18.9 Å². The Bertz CT molecular complexity index is 798. The van der Waals surface area contributed by atoms with Gasteiger partial charge in [0, 0.05) is 11.3 Å². The van der Waals surface area contributed by atoms with Crippen LogP contribution in [0.4, 0.5) is 0 Å². The van der Waals surface area contributed by atoms with Crippen molar-refractivity contribution in [1.82, 2.24) is 9.97 Å². The normalized spacial score (nSPS) is 21.0. The molecule has 22 heavy (non-hydrogen) atoms. The first-order chi connectivity index (χ1) is 10.4. The molecule has 2 aromatic rings. The van der Waals surface area contributed by atoms with Crippen molar-refractivity contribution in [1.29, 1.82) is 0 Å². The summed E-state index contributed by atoms with van der Waals surface area (Å²) < 4.78 is 5.91. The van der Waals surface area contributed by atoms with Crippen molar-refractivity contribution in [2.24, 2.45) is 0 Å². The third-order valence-electron chi connectivity index (χ3n) is 3.91. The summed E-state index contributed by atoms with van der Waals surface area (Å²) >= 11 is 2.47. The number of ether oxygens (including phenoxy) is 1. The van der Waals surface area contributed by atoms with Crippen molar-refractivity contribution in [3.05, 3.63) is 20.8 Å². The number of nitrogens with one attached hydrogen (secondary N) is 1. The fourth-order valence-corrected chi connectivity index (χ4v) is 4.23. The summed E-state index contributed by atoms with van der Waals surface area (Å²) in [5, 5.41) is 9.69. The number of carboxylic acid groups (broad SMARTS) is 1. The molecule has 1 aliphatic heterocycles. The average Bonchev–Trinajstić information content (AvgIpc) is 2.83. The van der Waals surface area contributed by atoms with E-state index in [9.17, 15) is 9.59 Å². The highest BCUT2D eigenvalue weighted by molar-refractivity contribution is 7.99. The summed E-state index contributed by atoms with van der Waals surface area (Å²) in [6, 6.07) is 0. The molecule has 0 spiro atoms. The largest absolute Gasteiger partial charge is 0.481 e. The third-order valence-corrected chi connectivity index (χ3v) is 5.86. The summed E-state index contributed by atoms with van der Waals surface area (Å²) in [5.74, 6) is -1.07. The first-order valence-electron chi connectivity index (χ1n) is 6.95. The van der Waals surface area contributed by atoms with Crippen LogP contribution in [0.15, 0.2) is 9.95 Å². The molecule has 3 rings (SSSR count). The minimum atomic E-state index is -0.940. The number of rotatable bonds is 4. The lowest BCUT2D eigenvalue weighted by Crippen LogP contribution is -2.34. The smallest absolute Gasteiger partial charge is 0.313 e. The zero-order valence-electron chi connectivity index (χ0n) is 12.3. The van der Waals surface area contributed by atoms with Gasteiger partial charge >= 0.3 is 5.97 Å². The number of thioether (sulfide) groups is 1. The number of carbonyl (C=O) groups is 1. The lowest BCUT2D eigenvalue weighted by molar-refractivity contribution is -0.133. The minimum Gasteiger partial charge on any atom is -0.481 e. The highest BCUT2D eigenvalue weighted by atomic mass is 32.2. The van der Waals surface area contributed by atoms with Crippen molar-refractivity contribution in [2.45, 2.75) is 44.1 Å². The lowest BCUT2D eigenvalue weighted by atomic mass is 9.90. The molecular weight excluding hydrogens is 324 g/mol. The van der Waals surface area contributed by atoms with E-state index in [1.165, 1.54) is 11.3 Å². The molecule has 2 aromatic heterocycles. The molecule has 2 N–H and O–H groups in total. The molecule has 1 atom stereocenters. The predicted molar refractivity (Wildman–Crippen MR) is 85.8 cm³/mol. The second kappa shape index (κ2) is 5.68. The Morgan fingerprint density at radius 2 is 2.36 bits per heavy atom. The summed E-state index contributed by atoms with van der Waals surface area (Å²) in [6.07, 6.45) is 1.58. The number of hydrogen-bond donors (Lipinski definition) is 2. The molecule has 6 nitrogen and oxygen atoms in total. The second-order valence-corrected chi connectivity index (χ2v) is 7.55. The van der Waals surface area contributed by atoms with Crippen LogP contribution in [-0.2, 0) is 22.6 Å². The number of carboxylic acids is 1. The predicted octanol–water partition coefficient (Wildman–Crippen LogP) is 2.40. The fraction of sp³-hybridized carbons (Fsp3) is 0.500. The van der Waals surface area contributed by atoms with E-state index in [0.29, 0.717) is 28.4 Å². The Balaban J connectivity index is 2.04. The van der Waals surface area contributed by atoms with Crippen molar-refractivity contribution in [3.63, 3.8) is 0 Å². The Hall–Kier alpha value is -1.38. The van der Waals surface area contributed by atoms with Crippen LogP contribution in [0.25, 0.3) is 10.2 Å². The molecular formula is C14H16N2O4S2. The number of fused-ring (bicyclic) bond motifs is 3. The van der Waals surface area contributed by atoms with Crippen molar-refractivity contribution in [2.75, 3.05) is 5.75 Å². The van der Waals surface area contributed by atoms with Crippen molar-refractivity contribution < 1.29 is 14.6 Å². The monoisotopic (exact) mass is 340 g/mol. The van der Waals surface area contributed by atoms with E-state index in [1.54, 1.807) is 0 Å². The van der Waals surface area contributed by atoms with Gasteiger partial charge in [0.05, 0.1) is 23.3 Å². The van der Waals surface area contributed by atoms with Crippen LogP contribution in [0.2, 0.25) is 0 Å². The average molecular weight is 340 g/mol. The molecule has 118 valence electrons. The lowest BCUT2D eigenvalue weighted by Gasteiger charge is -2.32. The maximum atomic E-state index is 12.4. The molecule has 0 saturated heterocycles. The maximum absolute atomic E-state index is 12.4. The van der Waals surface area contributed by atoms with Gasteiger partial charge in [0.25, 0.3) is 5.56 Å². The maximum Gasteiger partial charge on any atom is 0.313 e. The number of H-pyrrole nitrogens is 1. The molecule has 0 radical (unpaired) electrons. The van der Waals surface area contributed by atoms with Gasteiger partial charge in [0.2, 0.25) is 0 Å². The quantitative estimate of drug-likeness (QED) is 0.656. The molecule has 0 amide bonds. The van der Waals surface area contributed by atoms with Crippen molar-refractivity contribution >= 4 is 39.3 Å². The molecule has 8 heteroatoms. The van der Waals surface area contributed by atoms with E-state index in [0.717, 1.165) is 28.6 Å². The molecule has 1 aliphatic rings. The molecule has 0 bridgehead atoms. The highest BCUT2D eigenvalue weighted by Crippen LogP contribution is 2.38. The highest BCUT2D eigenvalue weighted by Gasteiger charge is 2.32. The van der Waals surface area contributed by atoms with Gasteiger partial charge in [-0.3, -0.25) is 9.59 Å². The zero-order chi connectivity index (χ0) is 15.9. The number of aromatic amines is 1. The van der Waals surface area contributed by atoms with Crippen LogP contribution >= 0.6 is 23.1 Å². The van der Waals surface area contributed by atoms with Gasteiger partial charge in [-0.25, -0.2) is 4.98 Å². The molecule has 0 saturated carbocycles. The van der Waals surface area contributed by atoms with Crippen LogP contribution < -0.4 is 5.56 Å². The first-order valence-corrected chi connectivity index (χ1v) is 8.75. The number of hydrogen-bond acceptors (Lipinski definition) is 6.